The molecule has 29 heavy (non-hydrogen) atoms. The van der Waals surface area contributed by atoms with E-state index in [1.54, 1.807) is 4.68 Å². The normalized spacial score (nSPS) is 12.1. The van der Waals surface area contributed by atoms with Gasteiger partial charge in [-0.2, -0.15) is 5.10 Å². The minimum atomic E-state index is -0.173. The maximum Gasteiger partial charge on any atom is 0.263 e. The Labute approximate surface area is 171 Å². The third-order valence-electron chi connectivity index (χ3n) is 6.18. The smallest absolute Gasteiger partial charge is 0.263 e. The standard InChI is InChI=1S/C25H27N3O/c1-17(2)25(3,4)22-14-18-10-9-13-21(19-15-26-27(5)16-19)23(18)24(29)28(22)20-11-7-6-8-12-20/h6-17H,1-5H3. The molecule has 0 saturated carbocycles. The van der Waals surface area contributed by atoms with Gasteiger partial charge in [-0.1, -0.05) is 64.1 Å². The molecular formula is C25H27N3O. The first kappa shape index (κ1) is 19.2. The molecule has 0 unspecified atom stereocenters. The Balaban J connectivity index is 2.14. The number of nitrogens with zero attached hydrogens (tertiary/aromatic N) is 3. The fourth-order valence-electron chi connectivity index (χ4n) is 3.77. The maximum atomic E-state index is 14.0. The van der Waals surface area contributed by atoms with E-state index in [1.165, 1.54) is 0 Å². The van der Waals surface area contributed by atoms with Crippen LogP contribution >= 0.6 is 0 Å². The lowest BCUT2D eigenvalue weighted by Crippen LogP contribution is -2.34. The number of aromatic nitrogens is 3. The first-order valence-corrected chi connectivity index (χ1v) is 10.0. The molecule has 148 valence electrons. The summed E-state index contributed by atoms with van der Waals surface area (Å²) in [6, 6.07) is 18.2. The quantitative estimate of drug-likeness (QED) is 0.477. The number of fused-ring (bicyclic) bond motifs is 1. The zero-order valence-corrected chi connectivity index (χ0v) is 17.7. The van der Waals surface area contributed by atoms with Crippen molar-refractivity contribution in [3.05, 3.63) is 83.0 Å². The lowest BCUT2D eigenvalue weighted by molar-refractivity contribution is 0.355. The van der Waals surface area contributed by atoms with E-state index in [2.05, 4.69) is 38.9 Å². The second kappa shape index (κ2) is 7.03. The molecule has 0 aliphatic rings. The van der Waals surface area contributed by atoms with Gasteiger partial charge in [0.05, 0.1) is 11.6 Å². The third-order valence-corrected chi connectivity index (χ3v) is 6.18. The SMILES string of the molecule is CC(C)C(C)(C)c1cc2cccc(-c3cnn(C)c3)c2c(=O)n1-c1ccccc1. The summed E-state index contributed by atoms with van der Waals surface area (Å²) in [5, 5.41) is 5.99. The van der Waals surface area contributed by atoms with Crippen molar-refractivity contribution in [3.8, 4) is 16.8 Å². The highest BCUT2D eigenvalue weighted by molar-refractivity contribution is 5.96. The number of hydrogen-bond donors (Lipinski definition) is 0. The van der Waals surface area contributed by atoms with Crippen LogP contribution in [0.3, 0.4) is 0 Å². The fraction of sp³-hybridized carbons (Fsp3) is 0.280. The topological polar surface area (TPSA) is 39.8 Å². The van der Waals surface area contributed by atoms with Crippen molar-refractivity contribution in [2.24, 2.45) is 13.0 Å². The lowest BCUT2D eigenvalue weighted by Gasteiger charge is -2.33. The van der Waals surface area contributed by atoms with Crippen molar-refractivity contribution < 1.29 is 0 Å². The summed E-state index contributed by atoms with van der Waals surface area (Å²) >= 11 is 0. The Morgan fingerprint density at radius 3 is 2.34 bits per heavy atom. The van der Waals surface area contributed by atoms with E-state index in [4.69, 9.17) is 0 Å². The molecule has 0 N–H and O–H groups in total. The van der Waals surface area contributed by atoms with E-state index in [0.717, 1.165) is 33.3 Å². The van der Waals surface area contributed by atoms with Crippen LogP contribution in [0.4, 0.5) is 0 Å². The van der Waals surface area contributed by atoms with Gasteiger partial charge in [0.25, 0.3) is 5.56 Å². The molecule has 2 heterocycles. The molecule has 0 saturated heterocycles. The minimum Gasteiger partial charge on any atom is -0.280 e. The second-order valence-electron chi connectivity index (χ2n) is 8.55. The predicted octanol–water partition coefficient (Wildman–Crippen LogP) is 5.32. The van der Waals surface area contributed by atoms with E-state index >= 15 is 0 Å². The Hall–Kier alpha value is -3.14. The van der Waals surface area contributed by atoms with Gasteiger partial charge in [-0.3, -0.25) is 14.0 Å². The molecule has 4 aromatic rings. The van der Waals surface area contributed by atoms with Gasteiger partial charge in [-0.25, -0.2) is 0 Å². The second-order valence-corrected chi connectivity index (χ2v) is 8.55. The molecule has 0 spiro atoms. The molecular weight excluding hydrogens is 358 g/mol. The molecule has 0 radical (unpaired) electrons. The van der Waals surface area contributed by atoms with Crippen LogP contribution in [-0.4, -0.2) is 14.3 Å². The zero-order chi connectivity index (χ0) is 20.8. The Kier molecular flexibility index (Phi) is 4.65. The predicted molar refractivity (Wildman–Crippen MR) is 120 cm³/mol. The largest absolute Gasteiger partial charge is 0.280 e. The zero-order valence-electron chi connectivity index (χ0n) is 17.7. The fourth-order valence-corrected chi connectivity index (χ4v) is 3.77. The molecule has 0 aliphatic carbocycles. The highest BCUT2D eigenvalue weighted by Gasteiger charge is 2.30. The first-order valence-electron chi connectivity index (χ1n) is 10.0. The highest BCUT2D eigenvalue weighted by Crippen LogP contribution is 2.35. The van der Waals surface area contributed by atoms with Crippen LogP contribution in [-0.2, 0) is 12.5 Å². The van der Waals surface area contributed by atoms with Crippen LogP contribution in [0.2, 0.25) is 0 Å². The van der Waals surface area contributed by atoms with Crippen LogP contribution in [0.1, 0.15) is 33.4 Å². The van der Waals surface area contributed by atoms with Gasteiger partial charge in [0.15, 0.2) is 0 Å². The number of hydrogen-bond acceptors (Lipinski definition) is 2. The van der Waals surface area contributed by atoms with E-state index in [-0.39, 0.29) is 11.0 Å². The molecule has 2 aromatic heterocycles. The molecule has 0 amide bonds. The van der Waals surface area contributed by atoms with Crippen LogP contribution < -0.4 is 5.56 Å². The van der Waals surface area contributed by atoms with E-state index in [1.807, 2.05) is 72.5 Å². The van der Waals surface area contributed by atoms with E-state index < -0.39 is 0 Å². The molecule has 4 nitrogen and oxygen atoms in total. The van der Waals surface area contributed by atoms with Crippen LogP contribution in [0, 0.1) is 5.92 Å². The summed E-state index contributed by atoms with van der Waals surface area (Å²) in [4.78, 5) is 14.0. The van der Waals surface area contributed by atoms with Crippen molar-refractivity contribution in [3.63, 3.8) is 0 Å². The number of para-hydroxylation sites is 1. The van der Waals surface area contributed by atoms with Gasteiger partial charge in [0.2, 0.25) is 0 Å². The number of aryl methyl sites for hydroxylation is 1. The van der Waals surface area contributed by atoms with Crippen molar-refractivity contribution >= 4 is 10.8 Å². The van der Waals surface area contributed by atoms with Gasteiger partial charge in [0, 0.05) is 35.6 Å². The summed E-state index contributed by atoms with van der Waals surface area (Å²) < 4.78 is 3.66. The van der Waals surface area contributed by atoms with Crippen LogP contribution in [0.25, 0.3) is 27.6 Å². The van der Waals surface area contributed by atoms with Gasteiger partial charge < -0.3 is 0 Å². The number of pyridine rings is 1. The Morgan fingerprint density at radius 1 is 1.00 bits per heavy atom. The summed E-state index contributed by atoms with van der Waals surface area (Å²) in [6.45, 7) is 8.83. The minimum absolute atomic E-state index is 0.0110. The van der Waals surface area contributed by atoms with Gasteiger partial charge in [0.1, 0.15) is 0 Å². The third kappa shape index (κ3) is 3.19. The van der Waals surface area contributed by atoms with Crippen LogP contribution in [0.15, 0.2) is 71.8 Å². The first-order chi connectivity index (χ1) is 13.8. The Morgan fingerprint density at radius 2 is 1.72 bits per heavy atom. The highest BCUT2D eigenvalue weighted by atomic mass is 16.1. The molecule has 0 bridgehead atoms. The Bertz CT molecular complexity index is 1230. The summed E-state index contributed by atoms with van der Waals surface area (Å²) in [5.41, 5.74) is 3.62. The molecule has 2 aromatic carbocycles. The summed E-state index contributed by atoms with van der Waals surface area (Å²) in [7, 11) is 1.89. The average molecular weight is 386 g/mol. The van der Waals surface area contributed by atoms with Crippen molar-refractivity contribution in [2.45, 2.75) is 33.1 Å². The summed E-state index contributed by atoms with van der Waals surface area (Å²) in [5.74, 6) is 0.371. The molecule has 0 fully saturated rings. The van der Waals surface area contributed by atoms with Crippen molar-refractivity contribution in [2.75, 3.05) is 0 Å². The summed E-state index contributed by atoms with van der Waals surface area (Å²) in [6.07, 6.45) is 3.76. The average Bonchev–Trinajstić information content (AvgIpc) is 3.14. The number of rotatable bonds is 4. The van der Waals surface area contributed by atoms with Gasteiger partial charge in [-0.05, 0) is 35.1 Å². The van der Waals surface area contributed by atoms with Gasteiger partial charge in [-0.15, -0.1) is 0 Å². The van der Waals surface area contributed by atoms with Gasteiger partial charge >= 0.3 is 0 Å². The van der Waals surface area contributed by atoms with Crippen molar-refractivity contribution in [1.82, 2.24) is 14.3 Å². The van der Waals surface area contributed by atoms with Crippen LogP contribution in [0.5, 0.6) is 0 Å². The molecule has 4 rings (SSSR count). The monoisotopic (exact) mass is 385 g/mol. The number of benzene rings is 2. The van der Waals surface area contributed by atoms with Crippen molar-refractivity contribution in [1.29, 1.82) is 0 Å². The van der Waals surface area contributed by atoms with E-state index in [9.17, 15) is 4.79 Å². The molecule has 0 aliphatic heterocycles. The maximum absolute atomic E-state index is 14.0. The molecule has 4 heteroatoms. The lowest BCUT2D eigenvalue weighted by atomic mass is 9.77. The molecule has 0 atom stereocenters. The van der Waals surface area contributed by atoms with E-state index in [0.29, 0.717) is 5.92 Å².